The van der Waals surface area contributed by atoms with E-state index in [-0.39, 0.29) is 11.7 Å². The predicted octanol–water partition coefficient (Wildman–Crippen LogP) is 1.41. The lowest BCUT2D eigenvalue weighted by Crippen LogP contribution is -2.23. The molecule has 1 heterocycles. The quantitative estimate of drug-likeness (QED) is 0.342. The largest absolute Gasteiger partial charge is 0.409 e. The highest BCUT2D eigenvalue weighted by molar-refractivity contribution is 5.97. The number of nitrogens with zero attached hydrogens (tertiary/aromatic N) is 2. The minimum Gasteiger partial charge on any atom is -0.409 e. The van der Waals surface area contributed by atoms with Crippen molar-refractivity contribution < 1.29 is 10.0 Å². The number of oxime groups is 1. The van der Waals surface area contributed by atoms with E-state index in [0.717, 1.165) is 11.3 Å². The number of hydrogen-bond acceptors (Lipinski definition) is 4. The van der Waals surface area contributed by atoms with Gasteiger partial charge in [0.05, 0.1) is 0 Å². The molecule has 0 aliphatic rings. The number of benzene rings is 1. The lowest BCUT2D eigenvalue weighted by molar-refractivity contribution is 0.0950. The Bertz CT molecular complexity index is 666. The third-order valence-corrected chi connectivity index (χ3v) is 2.97. The Morgan fingerprint density at radius 2 is 2.00 bits per heavy atom. The molecule has 6 nitrogen and oxygen atoms in total. The molecule has 0 bridgehead atoms. The van der Waals surface area contributed by atoms with Crippen molar-refractivity contribution in [2.24, 2.45) is 10.9 Å². The number of amides is 1. The molecule has 0 aliphatic heterocycles. The number of amidine groups is 1. The van der Waals surface area contributed by atoms with Crippen LogP contribution >= 0.6 is 0 Å². The molecule has 108 valence electrons. The summed E-state index contributed by atoms with van der Waals surface area (Å²) in [5, 5.41) is 14.3. The molecule has 0 radical (unpaired) electrons. The molecule has 2 aromatic rings. The van der Waals surface area contributed by atoms with Gasteiger partial charge in [0, 0.05) is 29.6 Å². The number of rotatable bonds is 4. The van der Waals surface area contributed by atoms with E-state index in [2.05, 4.69) is 15.5 Å². The van der Waals surface area contributed by atoms with E-state index in [0.29, 0.717) is 17.7 Å². The Morgan fingerprint density at radius 1 is 1.29 bits per heavy atom. The molecule has 1 amide bonds. The second-order valence-electron chi connectivity index (χ2n) is 4.55. The first-order valence-corrected chi connectivity index (χ1v) is 6.38. The zero-order valence-corrected chi connectivity index (χ0v) is 11.6. The second-order valence-corrected chi connectivity index (χ2v) is 4.55. The van der Waals surface area contributed by atoms with Crippen LogP contribution in [-0.4, -0.2) is 21.9 Å². The van der Waals surface area contributed by atoms with E-state index in [9.17, 15) is 4.79 Å². The molecule has 0 saturated heterocycles. The number of carbonyl (C=O) groups excluding carboxylic acids is 1. The number of carbonyl (C=O) groups is 1. The average molecular weight is 284 g/mol. The van der Waals surface area contributed by atoms with Gasteiger partial charge in [0.25, 0.3) is 5.91 Å². The maximum Gasteiger partial charge on any atom is 0.251 e. The molecule has 4 N–H and O–H groups in total. The van der Waals surface area contributed by atoms with Crippen molar-refractivity contribution in [2.75, 3.05) is 0 Å². The summed E-state index contributed by atoms with van der Waals surface area (Å²) in [5.74, 6) is -0.0983. The zero-order chi connectivity index (χ0) is 15.2. The summed E-state index contributed by atoms with van der Waals surface area (Å²) < 4.78 is 0. The van der Waals surface area contributed by atoms with Crippen molar-refractivity contribution in [3.8, 4) is 0 Å². The molecule has 2 rings (SSSR count). The number of nitrogens with two attached hydrogens (primary N) is 1. The first kappa shape index (κ1) is 14.5. The number of aryl methyl sites for hydroxylation is 1. The summed E-state index contributed by atoms with van der Waals surface area (Å²) in [6.45, 7) is 2.24. The van der Waals surface area contributed by atoms with Crippen LogP contribution in [0.15, 0.2) is 47.8 Å². The summed E-state index contributed by atoms with van der Waals surface area (Å²) in [5.41, 5.74) is 8.40. The van der Waals surface area contributed by atoms with Gasteiger partial charge in [0.1, 0.15) is 0 Å². The van der Waals surface area contributed by atoms with Crippen molar-refractivity contribution in [3.05, 3.63) is 65.0 Å². The Balaban J connectivity index is 1.98. The van der Waals surface area contributed by atoms with Gasteiger partial charge in [-0.1, -0.05) is 29.4 Å². The van der Waals surface area contributed by atoms with E-state index < -0.39 is 0 Å². The van der Waals surface area contributed by atoms with Crippen molar-refractivity contribution in [1.29, 1.82) is 0 Å². The van der Waals surface area contributed by atoms with Gasteiger partial charge in [0.15, 0.2) is 5.84 Å². The van der Waals surface area contributed by atoms with E-state index in [1.165, 1.54) is 0 Å². The lowest BCUT2D eigenvalue weighted by Gasteiger charge is -2.06. The van der Waals surface area contributed by atoms with Crippen LogP contribution in [0, 0.1) is 6.92 Å². The van der Waals surface area contributed by atoms with Crippen LogP contribution < -0.4 is 11.1 Å². The SMILES string of the molecule is Cc1cc(C(=O)NCc2ccc(/C(N)=N/O)cc2)ccn1. The minimum atomic E-state index is -0.152. The number of aromatic nitrogens is 1. The third-order valence-electron chi connectivity index (χ3n) is 2.97. The van der Waals surface area contributed by atoms with E-state index >= 15 is 0 Å². The van der Waals surface area contributed by atoms with Crippen molar-refractivity contribution in [2.45, 2.75) is 13.5 Å². The van der Waals surface area contributed by atoms with E-state index in [1.807, 2.05) is 19.1 Å². The highest BCUT2D eigenvalue weighted by Crippen LogP contribution is 2.05. The minimum absolute atomic E-state index is 0.0536. The highest BCUT2D eigenvalue weighted by Gasteiger charge is 2.06. The third kappa shape index (κ3) is 3.79. The zero-order valence-electron chi connectivity index (χ0n) is 11.6. The Labute approximate surface area is 122 Å². The van der Waals surface area contributed by atoms with Crippen LogP contribution in [0.5, 0.6) is 0 Å². The molecular formula is C15H16N4O2. The first-order chi connectivity index (χ1) is 10.1. The van der Waals surface area contributed by atoms with Crippen LogP contribution in [0.1, 0.15) is 27.2 Å². The van der Waals surface area contributed by atoms with Crippen molar-refractivity contribution in [1.82, 2.24) is 10.3 Å². The summed E-state index contributed by atoms with van der Waals surface area (Å²) in [4.78, 5) is 16.0. The Morgan fingerprint density at radius 3 is 2.62 bits per heavy atom. The summed E-state index contributed by atoms with van der Waals surface area (Å²) >= 11 is 0. The van der Waals surface area contributed by atoms with Crippen LogP contribution in [0.2, 0.25) is 0 Å². The van der Waals surface area contributed by atoms with E-state index in [4.69, 9.17) is 10.9 Å². The van der Waals surface area contributed by atoms with Crippen LogP contribution in [-0.2, 0) is 6.54 Å². The summed E-state index contributed by atoms with van der Waals surface area (Å²) in [7, 11) is 0. The topological polar surface area (TPSA) is 101 Å². The monoisotopic (exact) mass is 284 g/mol. The fraction of sp³-hybridized carbons (Fsp3) is 0.133. The Hall–Kier alpha value is -2.89. The number of nitrogens with one attached hydrogen (secondary N) is 1. The van der Waals surface area contributed by atoms with Gasteiger partial charge in [0.2, 0.25) is 0 Å². The van der Waals surface area contributed by atoms with Crippen molar-refractivity contribution in [3.63, 3.8) is 0 Å². The maximum atomic E-state index is 12.0. The fourth-order valence-electron chi connectivity index (χ4n) is 1.82. The second kappa shape index (κ2) is 6.51. The maximum absolute atomic E-state index is 12.0. The van der Waals surface area contributed by atoms with Crippen LogP contribution in [0.4, 0.5) is 0 Å². The first-order valence-electron chi connectivity index (χ1n) is 6.38. The molecule has 0 aliphatic carbocycles. The molecule has 1 aromatic carbocycles. The van der Waals surface area contributed by atoms with Crippen LogP contribution in [0.25, 0.3) is 0 Å². The average Bonchev–Trinajstić information content (AvgIpc) is 2.52. The molecule has 0 spiro atoms. The smallest absolute Gasteiger partial charge is 0.251 e. The predicted molar refractivity (Wildman–Crippen MR) is 79.1 cm³/mol. The fourth-order valence-corrected chi connectivity index (χ4v) is 1.82. The Kier molecular flexibility index (Phi) is 4.50. The highest BCUT2D eigenvalue weighted by atomic mass is 16.4. The summed E-state index contributed by atoms with van der Waals surface area (Å²) in [6.07, 6.45) is 1.61. The van der Waals surface area contributed by atoms with Gasteiger partial charge in [-0.3, -0.25) is 9.78 Å². The molecule has 0 unspecified atom stereocenters. The van der Waals surface area contributed by atoms with Gasteiger partial charge >= 0.3 is 0 Å². The van der Waals surface area contributed by atoms with Gasteiger partial charge in [-0.25, -0.2) is 0 Å². The van der Waals surface area contributed by atoms with Crippen molar-refractivity contribution >= 4 is 11.7 Å². The van der Waals surface area contributed by atoms with Gasteiger partial charge < -0.3 is 16.3 Å². The molecule has 1 aromatic heterocycles. The van der Waals surface area contributed by atoms with Crippen LogP contribution in [0.3, 0.4) is 0 Å². The number of hydrogen-bond donors (Lipinski definition) is 3. The standard InChI is InChI=1S/C15H16N4O2/c1-10-8-13(6-7-17-10)15(20)18-9-11-2-4-12(5-3-11)14(16)19-21/h2-8,21H,9H2,1H3,(H2,16,19)(H,18,20). The molecule has 0 atom stereocenters. The van der Waals surface area contributed by atoms with Gasteiger partial charge in [-0.05, 0) is 24.6 Å². The number of pyridine rings is 1. The summed E-state index contributed by atoms with van der Waals surface area (Å²) in [6, 6.07) is 10.5. The van der Waals surface area contributed by atoms with Gasteiger partial charge in [-0.15, -0.1) is 0 Å². The lowest BCUT2D eigenvalue weighted by atomic mass is 10.1. The molecule has 0 fully saturated rings. The molecular weight excluding hydrogens is 268 g/mol. The van der Waals surface area contributed by atoms with E-state index in [1.54, 1.807) is 30.5 Å². The molecule has 6 heteroatoms. The molecule has 21 heavy (non-hydrogen) atoms. The normalized spacial score (nSPS) is 11.2. The molecule has 0 saturated carbocycles. The van der Waals surface area contributed by atoms with Gasteiger partial charge in [-0.2, -0.15) is 0 Å².